The average molecular weight is 383 g/mol. The molecule has 23 heavy (non-hydrogen) atoms. The molecule has 12 heteroatoms. The largest absolute Gasteiger partial charge is 0.623 e. The predicted octanol–water partition coefficient (Wildman–Crippen LogP) is 0.146. The maximum absolute atomic E-state index is 11.8. The second kappa shape index (κ2) is 8.75. The van der Waals surface area contributed by atoms with Gasteiger partial charge in [0, 0.05) is 79.9 Å². The Balaban J connectivity index is 0. The van der Waals surface area contributed by atoms with Crippen LogP contribution in [0.4, 0.5) is 0 Å². The van der Waals surface area contributed by atoms with E-state index in [0.717, 1.165) is 18.3 Å². The molecular weight excluding hydrogens is 368 g/mol. The van der Waals surface area contributed by atoms with Crippen LogP contribution in [-0.4, -0.2) is 102 Å². The van der Waals surface area contributed by atoms with Crippen molar-refractivity contribution >= 4 is 85.6 Å². The van der Waals surface area contributed by atoms with Gasteiger partial charge in [-0.25, -0.2) is 4.74 Å². The molecule has 0 aliphatic rings. The average Bonchev–Trinajstić information content (AvgIpc) is 2.25. The first-order valence-electron chi connectivity index (χ1n) is 5.63. The summed E-state index contributed by atoms with van der Waals surface area (Å²) in [6.07, 6.45) is 0.914. The van der Waals surface area contributed by atoms with E-state index in [2.05, 4.69) is 0 Å². The fourth-order valence-electron chi connectivity index (χ4n) is 1.33. The molecule has 2 N–H and O–H groups in total. The number of hydrogen-bond acceptors (Lipinski definition) is 5. The molecule has 0 amide bonds. The van der Waals surface area contributed by atoms with Crippen LogP contribution >= 0.6 is 0 Å². The predicted molar refractivity (Wildman–Crippen MR) is 86.1 cm³/mol. The molecule has 0 fully saturated rings. The summed E-state index contributed by atoms with van der Waals surface area (Å²) in [5.41, 5.74) is -1.06. The number of hydrogen-bond donors (Lipinski definition) is 2. The second-order valence-corrected chi connectivity index (χ2v) is 8.09. The summed E-state index contributed by atoms with van der Waals surface area (Å²) >= 11 is 0. The minimum Gasteiger partial charge on any atom is -0.623 e. The van der Waals surface area contributed by atoms with E-state index in [4.69, 9.17) is 9.11 Å². The van der Waals surface area contributed by atoms with Crippen molar-refractivity contribution in [3.63, 3.8) is 0 Å². The van der Waals surface area contributed by atoms with E-state index in [1.165, 1.54) is 0 Å². The van der Waals surface area contributed by atoms with Crippen LogP contribution in [0.25, 0.3) is 0 Å². The van der Waals surface area contributed by atoms with Crippen molar-refractivity contribution in [1.29, 1.82) is 0 Å². The van der Waals surface area contributed by atoms with Crippen LogP contribution in [0.5, 0.6) is 0 Å². The summed E-state index contributed by atoms with van der Waals surface area (Å²) in [6, 6.07) is 2.50. The maximum atomic E-state index is 11.8. The molecule has 0 spiro atoms. The van der Waals surface area contributed by atoms with Gasteiger partial charge in [-0.2, -0.15) is 16.8 Å². The van der Waals surface area contributed by atoms with Gasteiger partial charge in [0.2, 0.25) is 0 Å². The molecule has 0 saturated heterocycles. The topological polar surface area (TPSA) is 135 Å². The first-order valence-corrected chi connectivity index (χ1v) is 8.51. The first kappa shape index (κ1) is 25.7. The van der Waals surface area contributed by atoms with Crippen molar-refractivity contribution in [2.24, 2.45) is 0 Å². The minimum absolute atomic E-state index is 0. The minimum atomic E-state index is -4.78. The van der Waals surface area contributed by atoms with Crippen molar-refractivity contribution in [3.05, 3.63) is 29.0 Å². The van der Waals surface area contributed by atoms with Gasteiger partial charge >= 0.3 is 0 Å². The molecule has 1 rings (SSSR count). The molecule has 0 aromatic heterocycles. The van der Waals surface area contributed by atoms with Gasteiger partial charge in [0.25, 0.3) is 20.2 Å². The molecule has 0 aliphatic heterocycles. The maximum Gasteiger partial charge on any atom is 0.295 e. The standard InChI is InChI=1S/C11H15NO7S2.2Na/c1-11(2,3)12(13)7-8-4-5-9(20(14,15)16)6-10(8)21(17,18)19;;/h4-7H,1-3H3,(H,14,15,16)(H,17,18,19);;/b12-7-;;. The van der Waals surface area contributed by atoms with Crippen molar-refractivity contribution < 1.29 is 30.7 Å². The van der Waals surface area contributed by atoms with Gasteiger partial charge in [-0.3, -0.25) is 9.11 Å². The molecular formula is C11H15NNa2O7S2. The van der Waals surface area contributed by atoms with Crippen molar-refractivity contribution in [2.75, 3.05) is 0 Å². The molecule has 1 aromatic rings. The monoisotopic (exact) mass is 383 g/mol. The third-order valence-electron chi connectivity index (χ3n) is 2.48. The van der Waals surface area contributed by atoms with Crippen LogP contribution in [0.2, 0.25) is 0 Å². The van der Waals surface area contributed by atoms with Gasteiger partial charge in [0.15, 0.2) is 11.8 Å². The summed E-state index contributed by atoms with van der Waals surface area (Å²) < 4.78 is 63.1. The Labute approximate surface area is 179 Å². The Morgan fingerprint density at radius 1 is 1.04 bits per heavy atom. The Hall–Kier alpha value is 0.510. The molecule has 0 bridgehead atoms. The smallest absolute Gasteiger partial charge is 0.295 e. The van der Waals surface area contributed by atoms with Crippen LogP contribution in [0, 0.1) is 5.21 Å². The van der Waals surface area contributed by atoms with E-state index >= 15 is 0 Å². The molecule has 0 atom stereocenters. The Bertz CT molecular complexity index is 796. The summed E-state index contributed by atoms with van der Waals surface area (Å²) in [4.78, 5) is -1.50. The van der Waals surface area contributed by atoms with E-state index in [1.807, 2.05) is 0 Å². The van der Waals surface area contributed by atoms with Crippen LogP contribution in [0.3, 0.4) is 0 Å². The third kappa shape index (κ3) is 7.51. The zero-order valence-corrected chi connectivity index (χ0v) is 19.1. The summed E-state index contributed by atoms with van der Waals surface area (Å²) in [5, 5.41) is 11.8. The van der Waals surface area contributed by atoms with Gasteiger partial charge in [-0.15, -0.1) is 0 Å². The van der Waals surface area contributed by atoms with Crippen molar-refractivity contribution in [3.8, 4) is 0 Å². The molecule has 0 heterocycles. The van der Waals surface area contributed by atoms with Crippen LogP contribution in [0.15, 0.2) is 28.0 Å². The molecule has 120 valence electrons. The molecule has 8 nitrogen and oxygen atoms in total. The van der Waals surface area contributed by atoms with Crippen LogP contribution in [0.1, 0.15) is 26.3 Å². The second-order valence-electron chi connectivity index (χ2n) is 5.28. The SMILES string of the molecule is CC(C)(C)/[N+]([O-])=C/c1ccc(S(=O)(=O)O)cc1S(=O)(=O)O.[Na].[Na]. The summed E-state index contributed by atoms with van der Waals surface area (Å²) in [6.45, 7) is 4.74. The molecule has 0 aliphatic carbocycles. The molecule has 0 saturated carbocycles. The van der Waals surface area contributed by atoms with Gasteiger partial charge in [-0.05, 0) is 18.2 Å². The van der Waals surface area contributed by atoms with Crippen molar-refractivity contribution in [2.45, 2.75) is 36.1 Å². The molecule has 2 radical (unpaired) electrons. The third-order valence-corrected chi connectivity index (χ3v) is 4.24. The zero-order valence-electron chi connectivity index (χ0n) is 13.5. The van der Waals surface area contributed by atoms with Crippen LogP contribution < -0.4 is 0 Å². The molecule has 1 aromatic carbocycles. The Morgan fingerprint density at radius 2 is 1.52 bits per heavy atom. The number of benzene rings is 1. The van der Waals surface area contributed by atoms with Gasteiger partial charge in [0.1, 0.15) is 4.90 Å². The van der Waals surface area contributed by atoms with Gasteiger partial charge in [-0.1, -0.05) is 0 Å². The number of nitrogens with zero attached hydrogens (tertiary/aromatic N) is 1. The Morgan fingerprint density at radius 3 is 1.87 bits per heavy atom. The fourth-order valence-corrected chi connectivity index (χ4v) is 2.60. The van der Waals surface area contributed by atoms with E-state index in [1.54, 1.807) is 20.8 Å². The van der Waals surface area contributed by atoms with E-state index < -0.39 is 35.6 Å². The van der Waals surface area contributed by atoms with E-state index in [0.29, 0.717) is 10.8 Å². The van der Waals surface area contributed by atoms with Crippen LogP contribution in [-0.2, 0) is 20.2 Å². The van der Waals surface area contributed by atoms with Gasteiger partial charge in [0.05, 0.1) is 10.5 Å². The summed E-state index contributed by atoms with van der Waals surface area (Å²) in [5.74, 6) is 0. The normalized spacial score (nSPS) is 13.0. The quantitative estimate of drug-likeness (QED) is 0.189. The van der Waals surface area contributed by atoms with Gasteiger partial charge < -0.3 is 5.21 Å². The Kier molecular flexibility index (Phi) is 9.79. The number of hydroxylamine groups is 1. The zero-order chi connectivity index (χ0) is 16.6. The molecule has 0 unspecified atom stereocenters. The van der Waals surface area contributed by atoms with E-state index in [-0.39, 0.29) is 64.7 Å². The first-order chi connectivity index (χ1) is 9.23. The number of rotatable bonds is 3. The van der Waals surface area contributed by atoms with Crippen molar-refractivity contribution in [1.82, 2.24) is 0 Å². The van der Waals surface area contributed by atoms with E-state index in [9.17, 15) is 22.0 Å². The fraction of sp³-hybridized carbons (Fsp3) is 0.364. The summed E-state index contributed by atoms with van der Waals surface area (Å²) in [7, 11) is -9.42.